The van der Waals surface area contributed by atoms with Gasteiger partial charge in [-0.2, -0.15) is 0 Å². The van der Waals surface area contributed by atoms with Crippen LogP contribution in [0.4, 0.5) is 0 Å². The third-order valence-electron chi connectivity index (χ3n) is 4.48. The van der Waals surface area contributed by atoms with E-state index in [9.17, 15) is 5.53 Å². The summed E-state index contributed by atoms with van der Waals surface area (Å²) < 4.78 is 30.0. The van der Waals surface area contributed by atoms with Gasteiger partial charge in [0.25, 0.3) is 0 Å². The summed E-state index contributed by atoms with van der Waals surface area (Å²) >= 11 is 1.34. The molecule has 0 N–H and O–H groups in total. The first kappa shape index (κ1) is 17.2. The zero-order chi connectivity index (χ0) is 17.9. The second-order valence-electron chi connectivity index (χ2n) is 7.19. The Morgan fingerprint density at radius 2 is 1.96 bits per heavy atom. The number of rotatable bonds is 3. The van der Waals surface area contributed by atoms with Crippen LogP contribution in [-0.4, -0.2) is 47.6 Å². The van der Waals surface area contributed by atoms with Gasteiger partial charge in [0.1, 0.15) is 29.4 Å². The average Bonchev–Trinajstić information content (AvgIpc) is 3.25. The fourth-order valence-electron chi connectivity index (χ4n) is 3.60. The molecule has 1 aromatic rings. The molecule has 3 saturated heterocycles. The van der Waals surface area contributed by atoms with Crippen LogP contribution in [0.5, 0.6) is 0 Å². The van der Waals surface area contributed by atoms with E-state index in [1.807, 2.05) is 27.7 Å². The van der Waals surface area contributed by atoms with Crippen molar-refractivity contribution in [2.75, 3.05) is 6.61 Å². The van der Waals surface area contributed by atoms with Crippen molar-refractivity contribution in [3.63, 3.8) is 0 Å². The zero-order valence-corrected chi connectivity index (χ0v) is 15.2. The lowest BCUT2D eigenvalue weighted by Gasteiger charge is -2.30. The maximum absolute atomic E-state index is 9.18. The topological polar surface area (TPSA) is 108 Å². The van der Waals surface area contributed by atoms with Gasteiger partial charge in [-0.05, 0) is 38.3 Å². The fraction of sp³-hybridized carbons (Fsp3) is 0.800. The third kappa shape index (κ3) is 2.74. The van der Waals surface area contributed by atoms with E-state index in [-0.39, 0.29) is 6.10 Å². The molecule has 25 heavy (non-hydrogen) atoms. The maximum Gasteiger partial charge on any atom is 0.227 e. The highest BCUT2D eigenvalue weighted by Crippen LogP contribution is 2.52. The van der Waals surface area contributed by atoms with Crippen LogP contribution in [0, 0.1) is 0 Å². The molecule has 3 aliphatic heterocycles. The number of aromatic nitrogens is 1. The molecule has 3 aliphatic rings. The van der Waals surface area contributed by atoms with Gasteiger partial charge in [0.15, 0.2) is 11.6 Å². The lowest BCUT2D eigenvalue weighted by molar-refractivity contribution is -0.228. The monoisotopic (exact) mass is 368 g/mol. The van der Waals surface area contributed by atoms with Crippen LogP contribution in [0.3, 0.4) is 0 Å². The lowest BCUT2D eigenvalue weighted by atomic mass is 10.0. The van der Waals surface area contributed by atoms with Crippen LogP contribution in [0.25, 0.3) is 10.4 Å². The minimum Gasteiger partial charge on any atom is -0.351 e. The molecule has 0 aliphatic carbocycles. The molecular formula is C15H20N4O5S. The van der Waals surface area contributed by atoms with Crippen molar-refractivity contribution in [3.05, 3.63) is 27.0 Å². The van der Waals surface area contributed by atoms with Gasteiger partial charge in [0, 0.05) is 16.5 Å². The van der Waals surface area contributed by atoms with Crippen LogP contribution < -0.4 is 0 Å². The molecular weight excluding hydrogens is 348 g/mol. The van der Waals surface area contributed by atoms with Gasteiger partial charge in [-0.15, -0.1) is 11.3 Å². The summed E-state index contributed by atoms with van der Waals surface area (Å²) in [7, 11) is 0. The van der Waals surface area contributed by atoms with Crippen molar-refractivity contribution >= 4 is 11.3 Å². The third-order valence-corrected chi connectivity index (χ3v) is 5.36. The summed E-state index contributed by atoms with van der Waals surface area (Å²) in [4.78, 5) is 7.31. The van der Waals surface area contributed by atoms with E-state index in [1.54, 1.807) is 11.6 Å². The molecule has 136 valence electrons. The Balaban J connectivity index is 1.75. The van der Waals surface area contributed by atoms with Gasteiger partial charge in [-0.3, -0.25) is 0 Å². The molecule has 0 amide bonds. The predicted octanol–water partition coefficient (Wildman–Crippen LogP) is 2.68. The minimum atomic E-state index is -1.39. The number of thiazole rings is 1. The highest BCUT2D eigenvalue weighted by Gasteiger charge is 2.67. The molecule has 0 saturated carbocycles. The first-order chi connectivity index (χ1) is 11.8. The van der Waals surface area contributed by atoms with Gasteiger partial charge in [0.2, 0.25) is 5.72 Å². The largest absolute Gasteiger partial charge is 0.351 e. The van der Waals surface area contributed by atoms with E-state index in [4.69, 9.17) is 23.7 Å². The number of hydrogen-bond donors (Lipinski definition) is 0. The Hall–Kier alpha value is -1.26. The molecule has 0 radical (unpaired) electrons. The smallest absolute Gasteiger partial charge is 0.227 e. The van der Waals surface area contributed by atoms with Gasteiger partial charge >= 0.3 is 0 Å². The number of ether oxygens (including phenoxy) is 5. The van der Waals surface area contributed by atoms with Crippen molar-refractivity contribution < 1.29 is 23.7 Å². The van der Waals surface area contributed by atoms with E-state index in [2.05, 4.69) is 15.0 Å². The lowest BCUT2D eigenvalue weighted by Crippen LogP contribution is -2.40. The van der Waals surface area contributed by atoms with Gasteiger partial charge in [-0.1, -0.05) is 0 Å². The van der Waals surface area contributed by atoms with Gasteiger partial charge in [-0.25, -0.2) is 4.98 Å². The Morgan fingerprint density at radius 1 is 1.16 bits per heavy atom. The van der Waals surface area contributed by atoms with Crippen LogP contribution >= 0.6 is 11.3 Å². The van der Waals surface area contributed by atoms with Gasteiger partial charge in [0.05, 0.1) is 6.61 Å². The van der Waals surface area contributed by atoms with Crippen molar-refractivity contribution in [1.82, 2.24) is 4.98 Å². The highest BCUT2D eigenvalue weighted by atomic mass is 32.1. The summed E-state index contributed by atoms with van der Waals surface area (Å²) in [6.45, 7) is 7.69. The maximum atomic E-state index is 9.18. The van der Waals surface area contributed by atoms with Crippen LogP contribution in [-0.2, 0) is 29.4 Å². The predicted molar refractivity (Wildman–Crippen MR) is 86.5 cm³/mol. The summed E-state index contributed by atoms with van der Waals surface area (Å²) in [5.41, 5.74) is 7.79. The van der Waals surface area contributed by atoms with E-state index in [0.717, 1.165) is 0 Å². The van der Waals surface area contributed by atoms with Gasteiger partial charge < -0.3 is 23.7 Å². The number of hydrogen-bond acceptors (Lipinski definition) is 8. The second-order valence-corrected chi connectivity index (χ2v) is 8.09. The molecule has 1 aromatic heterocycles. The summed E-state index contributed by atoms with van der Waals surface area (Å²) in [5.74, 6) is -1.54. The Bertz CT molecular complexity index is 705. The summed E-state index contributed by atoms with van der Waals surface area (Å²) in [5, 5.41) is 6.30. The molecule has 0 bridgehead atoms. The molecule has 0 unspecified atom stereocenters. The molecule has 4 heterocycles. The average molecular weight is 368 g/mol. The van der Waals surface area contributed by atoms with Crippen LogP contribution in [0.15, 0.2) is 16.7 Å². The molecule has 4 rings (SSSR count). The fourth-order valence-corrected chi connectivity index (χ4v) is 4.35. The molecule has 0 spiro atoms. The number of nitrogens with zero attached hydrogens (tertiary/aromatic N) is 4. The Labute approximate surface area is 148 Å². The normalized spacial score (nSPS) is 41.4. The van der Waals surface area contributed by atoms with E-state index in [0.29, 0.717) is 11.6 Å². The number of azide groups is 1. The Kier molecular flexibility index (Phi) is 3.86. The number of fused-ring (bicyclic) bond motifs is 1. The first-order valence-electron chi connectivity index (χ1n) is 8.08. The molecule has 0 aromatic carbocycles. The van der Waals surface area contributed by atoms with Crippen molar-refractivity contribution in [3.8, 4) is 0 Å². The SMILES string of the molecule is CC1(C)OC[C@H]([C@H]2O[C@@](N=[N+]=[N-])(c3nccs3)[C@H]3OC(C)(C)O[C@@H]23)O1. The molecule has 5 atom stereocenters. The van der Waals surface area contributed by atoms with Crippen molar-refractivity contribution in [2.24, 2.45) is 5.11 Å². The van der Waals surface area contributed by atoms with Crippen molar-refractivity contribution in [1.29, 1.82) is 0 Å². The first-order valence-corrected chi connectivity index (χ1v) is 8.96. The quantitative estimate of drug-likeness (QED) is 0.461. The van der Waals surface area contributed by atoms with E-state index < -0.39 is 35.6 Å². The van der Waals surface area contributed by atoms with Crippen LogP contribution in [0.2, 0.25) is 0 Å². The standard InChI is InChI=1S/C15H20N4O5S/c1-13(2)20-7-8(21-13)9-10-11(24-14(3,4)22-10)15(23-9,18-19-16)12-17-5-6-25-12/h5-6,8-11H,7H2,1-4H3/t8-,9-,10+,11+,15-/m1/s1. The Morgan fingerprint density at radius 3 is 2.56 bits per heavy atom. The molecule has 9 nitrogen and oxygen atoms in total. The molecule has 10 heteroatoms. The van der Waals surface area contributed by atoms with Crippen molar-refractivity contribution in [2.45, 2.75) is 69.4 Å². The minimum absolute atomic E-state index is 0.356. The zero-order valence-electron chi connectivity index (χ0n) is 14.4. The van der Waals surface area contributed by atoms with E-state index in [1.165, 1.54) is 11.3 Å². The summed E-state index contributed by atoms with van der Waals surface area (Å²) in [6, 6.07) is 0. The van der Waals surface area contributed by atoms with E-state index >= 15 is 0 Å². The van der Waals surface area contributed by atoms with Crippen LogP contribution in [0.1, 0.15) is 32.7 Å². The highest BCUT2D eigenvalue weighted by molar-refractivity contribution is 7.09. The summed E-state index contributed by atoms with van der Waals surface area (Å²) in [6.07, 6.45) is -0.327. The second kappa shape index (κ2) is 5.62. The molecule has 3 fully saturated rings.